The van der Waals surface area contributed by atoms with Crippen LogP contribution in [0.15, 0.2) is 48.5 Å². The number of carbonyl (C=O) groups is 3. The molecule has 0 aliphatic heterocycles. The summed E-state index contributed by atoms with van der Waals surface area (Å²) in [6.45, 7) is 2.00. The van der Waals surface area contributed by atoms with Crippen LogP contribution in [-0.2, 0) is 14.3 Å². The van der Waals surface area contributed by atoms with Crippen LogP contribution in [0.4, 0.5) is 11.4 Å². The van der Waals surface area contributed by atoms with E-state index in [1.54, 1.807) is 62.8 Å². The quantitative estimate of drug-likeness (QED) is 0.352. The van der Waals surface area contributed by atoms with Gasteiger partial charge >= 0.3 is 0 Å². The number of methoxy groups -OCH3 is 2. The third-order valence-electron chi connectivity index (χ3n) is 4.41. The molecule has 0 spiro atoms. The highest BCUT2D eigenvalue weighted by Crippen LogP contribution is 2.12. The van der Waals surface area contributed by atoms with Gasteiger partial charge in [0.1, 0.15) is 0 Å². The van der Waals surface area contributed by atoms with Crippen LogP contribution >= 0.6 is 0 Å². The van der Waals surface area contributed by atoms with Gasteiger partial charge in [-0.2, -0.15) is 0 Å². The van der Waals surface area contributed by atoms with Crippen LogP contribution in [0.2, 0.25) is 0 Å². The van der Waals surface area contributed by atoms with Gasteiger partial charge in [-0.25, -0.2) is 0 Å². The van der Waals surface area contributed by atoms with Crippen molar-refractivity contribution < 1.29 is 23.9 Å². The number of rotatable bonds is 13. The fourth-order valence-corrected chi connectivity index (χ4v) is 2.75. The highest BCUT2D eigenvalue weighted by atomic mass is 16.5. The van der Waals surface area contributed by atoms with Crippen molar-refractivity contribution in [3.05, 3.63) is 59.7 Å². The number of carbonyl (C=O) groups excluding carboxylic acids is 3. The first-order chi connectivity index (χ1) is 15.5. The zero-order valence-corrected chi connectivity index (χ0v) is 18.4. The van der Waals surface area contributed by atoms with Gasteiger partial charge in [-0.3, -0.25) is 14.4 Å². The average Bonchev–Trinajstić information content (AvgIpc) is 2.81. The van der Waals surface area contributed by atoms with Gasteiger partial charge in [0.05, 0.1) is 13.2 Å². The maximum Gasteiger partial charge on any atom is 0.251 e. The number of benzene rings is 2. The average molecular weight is 443 g/mol. The minimum Gasteiger partial charge on any atom is -0.385 e. The molecule has 0 saturated carbocycles. The van der Waals surface area contributed by atoms with E-state index < -0.39 is 0 Å². The molecule has 0 atom stereocenters. The molecule has 0 radical (unpaired) electrons. The van der Waals surface area contributed by atoms with Gasteiger partial charge in [0.2, 0.25) is 5.91 Å². The Bertz CT molecular complexity index is 886. The van der Waals surface area contributed by atoms with Crippen molar-refractivity contribution in [2.45, 2.75) is 6.42 Å². The molecular formula is C23H30N4O5. The Balaban J connectivity index is 1.80. The third kappa shape index (κ3) is 8.75. The molecule has 0 aliphatic carbocycles. The summed E-state index contributed by atoms with van der Waals surface area (Å²) in [5, 5.41) is 11.3. The van der Waals surface area contributed by atoms with E-state index in [0.29, 0.717) is 48.8 Å². The number of amides is 3. The Morgan fingerprint density at radius 2 is 1.47 bits per heavy atom. The molecule has 0 bridgehead atoms. The van der Waals surface area contributed by atoms with E-state index in [1.807, 2.05) is 0 Å². The molecule has 9 nitrogen and oxygen atoms in total. The Morgan fingerprint density at radius 1 is 0.781 bits per heavy atom. The topological polar surface area (TPSA) is 118 Å². The molecule has 9 heteroatoms. The second-order valence-electron chi connectivity index (χ2n) is 6.91. The van der Waals surface area contributed by atoms with Gasteiger partial charge in [-0.1, -0.05) is 6.07 Å². The maximum absolute atomic E-state index is 12.2. The lowest BCUT2D eigenvalue weighted by Gasteiger charge is -2.10. The summed E-state index contributed by atoms with van der Waals surface area (Å²) in [6.07, 6.45) is 0.741. The van der Waals surface area contributed by atoms with Crippen LogP contribution in [0.3, 0.4) is 0 Å². The van der Waals surface area contributed by atoms with Crippen LogP contribution in [-0.4, -0.2) is 64.8 Å². The van der Waals surface area contributed by atoms with Gasteiger partial charge < -0.3 is 30.7 Å². The lowest BCUT2D eigenvalue weighted by Crippen LogP contribution is -2.27. The van der Waals surface area contributed by atoms with E-state index >= 15 is 0 Å². The third-order valence-corrected chi connectivity index (χ3v) is 4.41. The molecule has 0 fully saturated rings. The van der Waals surface area contributed by atoms with Crippen molar-refractivity contribution in [3.8, 4) is 0 Å². The molecule has 2 aromatic carbocycles. The van der Waals surface area contributed by atoms with Crippen LogP contribution in [0.1, 0.15) is 27.1 Å². The molecule has 3 amide bonds. The predicted molar refractivity (Wildman–Crippen MR) is 123 cm³/mol. The van der Waals surface area contributed by atoms with Crippen molar-refractivity contribution in [1.29, 1.82) is 0 Å². The lowest BCUT2D eigenvalue weighted by molar-refractivity contribution is -0.114. The molecular weight excluding hydrogens is 412 g/mol. The summed E-state index contributed by atoms with van der Waals surface area (Å²) >= 11 is 0. The van der Waals surface area contributed by atoms with Crippen LogP contribution < -0.4 is 21.3 Å². The van der Waals surface area contributed by atoms with Crippen molar-refractivity contribution in [2.24, 2.45) is 0 Å². The van der Waals surface area contributed by atoms with E-state index in [9.17, 15) is 14.4 Å². The molecule has 2 rings (SSSR count). The Hall–Kier alpha value is -3.43. The molecule has 172 valence electrons. The molecule has 0 aliphatic rings. The van der Waals surface area contributed by atoms with Gasteiger partial charge in [-0.15, -0.1) is 0 Å². The SMILES string of the molecule is COCCCNC(=O)c1ccc(NC(=O)CNc2cccc(C(=O)NCCOC)c2)cc1. The molecule has 4 N–H and O–H groups in total. The lowest BCUT2D eigenvalue weighted by atomic mass is 10.2. The monoisotopic (exact) mass is 442 g/mol. The molecule has 2 aromatic rings. The first-order valence-corrected chi connectivity index (χ1v) is 10.3. The summed E-state index contributed by atoms with van der Waals surface area (Å²) in [5.74, 6) is -0.638. The Morgan fingerprint density at radius 3 is 2.19 bits per heavy atom. The van der Waals surface area contributed by atoms with Gasteiger partial charge in [0, 0.05) is 56.4 Å². The predicted octanol–water partition coefficient (Wildman–Crippen LogP) is 1.88. The molecule has 0 aromatic heterocycles. The fraction of sp³-hybridized carbons (Fsp3) is 0.348. The number of ether oxygens (including phenoxy) is 2. The summed E-state index contributed by atoms with van der Waals surface area (Å²) < 4.78 is 9.86. The minimum atomic E-state index is -0.253. The second-order valence-corrected chi connectivity index (χ2v) is 6.91. The molecule has 32 heavy (non-hydrogen) atoms. The first-order valence-electron chi connectivity index (χ1n) is 10.3. The second kappa shape index (κ2) is 13.8. The summed E-state index contributed by atoms with van der Waals surface area (Å²) in [6, 6.07) is 13.5. The number of hydrogen-bond acceptors (Lipinski definition) is 6. The molecule has 0 heterocycles. The van der Waals surface area contributed by atoms with Crippen molar-refractivity contribution >= 4 is 29.1 Å². The zero-order chi connectivity index (χ0) is 23.2. The normalized spacial score (nSPS) is 10.3. The van der Waals surface area contributed by atoms with E-state index in [4.69, 9.17) is 9.47 Å². The molecule has 0 saturated heterocycles. The van der Waals surface area contributed by atoms with Gasteiger partial charge in [0.15, 0.2) is 0 Å². The van der Waals surface area contributed by atoms with E-state index in [-0.39, 0.29) is 24.3 Å². The standard InChI is InChI=1S/C23H30N4O5/c1-31-13-4-11-24-22(29)17-7-9-19(10-8-17)27-21(28)16-26-20-6-3-5-18(15-20)23(30)25-12-14-32-2/h3,5-10,15,26H,4,11-14,16H2,1-2H3,(H,24,29)(H,25,30)(H,27,28). The van der Waals surface area contributed by atoms with E-state index in [0.717, 1.165) is 6.42 Å². The van der Waals surface area contributed by atoms with Crippen molar-refractivity contribution in [3.63, 3.8) is 0 Å². The fourth-order valence-electron chi connectivity index (χ4n) is 2.75. The largest absolute Gasteiger partial charge is 0.385 e. The van der Waals surface area contributed by atoms with Crippen molar-refractivity contribution in [1.82, 2.24) is 10.6 Å². The molecule has 0 unspecified atom stereocenters. The Labute approximate surface area is 187 Å². The van der Waals surface area contributed by atoms with Crippen LogP contribution in [0, 0.1) is 0 Å². The number of anilines is 2. The maximum atomic E-state index is 12.2. The highest BCUT2D eigenvalue weighted by molar-refractivity contribution is 5.97. The minimum absolute atomic E-state index is 0.0243. The summed E-state index contributed by atoms with van der Waals surface area (Å²) in [4.78, 5) is 36.4. The van der Waals surface area contributed by atoms with Gasteiger partial charge in [0.25, 0.3) is 11.8 Å². The first kappa shape index (κ1) is 24.8. The summed E-state index contributed by atoms with van der Waals surface area (Å²) in [5.41, 5.74) is 2.24. The van der Waals surface area contributed by atoms with E-state index in [1.165, 1.54) is 0 Å². The van der Waals surface area contributed by atoms with E-state index in [2.05, 4.69) is 21.3 Å². The highest BCUT2D eigenvalue weighted by Gasteiger charge is 2.08. The number of nitrogens with one attached hydrogen (secondary N) is 4. The van der Waals surface area contributed by atoms with Gasteiger partial charge in [-0.05, 0) is 48.9 Å². The number of hydrogen-bond donors (Lipinski definition) is 4. The van der Waals surface area contributed by atoms with Crippen LogP contribution in [0.25, 0.3) is 0 Å². The van der Waals surface area contributed by atoms with Crippen LogP contribution in [0.5, 0.6) is 0 Å². The summed E-state index contributed by atoms with van der Waals surface area (Å²) in [7, 11) is 3.18. The van der Waals surface area contributed by atoms with Crippen molar-refractivity contribution in [2.75, 3.05) is 57.7 Å². The zero-order valence-electron chi connectivity index (χ0n) is 18.4. The smallest absolute Gasteiger partial charge is 0.251 e. The Kier molecular flexibility index (Phi) is 10.7.